The van der Waals surface area contributed by atoms with Crippen LogP contribution < -0.4 is 88.7 Å². The van der Waals surface area contributed by atoms with Gasteiger partial charge in [0.15, 0.2) is 0 Å². The third-order valence-corrected chi connectivity index (χ3v) is 2.17. The summed E-state index contributed by atoms with van der Waals surface area (Å²) in [6, 6.07) is 0. The number of carbonyl (C=O) groups is 4. The first kappa shape index (κ1) is 36.9. The summed E-state index contributed by atoms with van der Waals surface area (Å²) in [4.78, 5) is 44.4. The predicted molar refractivity (Wildman–Crippen MR) is 74.7 cm³/mol. The van der Waals surface area contributed by atoms with E-state index in [1.54, 1.807) is 0 Å². The fraction of sp³-hybridized carbons (Fsp3) is 0.600. The molecule has 124 valence electrons. The molecule has 0 saturated carbocycles. The zero-order chi connectivity index (χ0) is 15.7. The Morgan fingerprint density at radius 1 is 0.583 bits per heavy atom. The number of nitrogens with zero attached hydrogens (tertiary/aromatic N) is 2. The number of aliphatic carboxylic acids is 4. The van der Waals surface area contributed by atoms with Gasteiger partial charge in [0, 0.05) is 13.1 Å². The van der Waals surface area contributed by atoms with Crippen LogP contribution in [0.5, 0.6) is 0 Å². The summed E-state index contributed by atoms with van der Waals surface area (Å²) in [5.41, 5.74) is 0. The van der Waals surface area contributed by atoms with Crippen LogP contribution in [0.4, 0.5) is 0 Å². The van der Waals surface area contributed by atoms with E-state index in [1.165, 1.54) is 0 Å². The summed E-state index contributed by atoms with van der Waals surface area (Å²) in [5, 5.41) is 34.5. The molecule has 0 aromatic carbocycles. The standard InChI is InChI=1S/C10H16N2O8.Ca.3Na.5H/c13-7(14)3-11(4-8(15)16)1-2-12(5-9(17)18)6-10(19)20;;;;;;;;;/h1-6H2,(H,13,14)(H,15,16)(H,17,18)(H,19,20);;;;;;;;;/q;+2;3*+1;5*-1. The van der Waals surface area contributed by atoms with E-state index in [0.717, 1.165) is 9.80 Å². The predicted octanol–water partition coefficient (Wildman–Crippen LogP) is -10.9. The van der Waals surface area contributed by atoms with E-state index >= 15 is 0 Å². The largest absolute Gasteiger partial charge is 2.00 e. The van der Waals surface area contributed by atoms with E-state index in [0.29, 0.717) is 0 Å². The van der Waals surface area contributed by atoms with Gasteiger partial charge in [-0.15, -0.1) is 0 Å². The SMILES string of the molecule is O=C(O)CN(CCN(CC(=O)O)CC(=O)O)CC(=O)O.[Ca+2].[H-].[H-].[H-].[H-].[H-].[Na+].[Na+].[Na+]. The molecule has 10 nitrogen and oxygen atoms in total. The molecule has 0 aromatic rings. The maximum atomic E-state index is 10.6. The minimum absolute atomic E-state index is 0. The van der Waals surface area contributed by atoms with Crippen LogP contribution in [-0.2, 0) is 19.2 Å². The summed E-state index contributed by atoms with van der Waals surface area (Å²) in [6.45, 7) is -2.25. The van der Waals surface area contributed by atoms with Gasteiger partial charge in [0.1, 0.15) is 0 Å². The van der Waals surface area contributed by atoms with Crippen LogP contribution in [0, 0.1) is 0 Å². The zero-order valence-corrected chi connectivity index (χ0v) is 22.5. The monoisotopic (exact) mass is 406 g/mol. The van der Waals surface area contributed by atoms with Crippen LogP contribution in [0.2, 0.25) is 0 Å². The van der Waals surface area contributed by atoms with E-state index < -0.39 is 50.1 Å². The molecule has 24 heavy (non-hydrogen) atoms. The zero-order valence-electron chi connectivity index (χ0n) is 19.3. The number of rotatable bonds is 11. The van der Waals surface area contributed by atoms with E-state index in [9.17, 15) is 19.2 Å². The van der Waals surface area contributed by atoms with E-state index in [2.05, 4.69) is 0 Å². The Bertz CT molecular complexity index is 354. The van der Waals surface area contributed by atoms with E-state index in [-0.39, 0.29) is 147 Å². The van der Waals surface area contributed by atoms with Gasteiger partial charge >= 0.3 is 150 Å². The molecule has 0 radical (unpaired) electrons. The van der Waals surface area contributed by atoms with E-state index in [4.69, 9.17) is 20.4 Å². The molecule has 0 unspecified atom stereocenters. The van der Waals surface area contributed by atoms with Gasteiger partial charge in [-0.05, 0) is 0 Å². The van der Waals surface area contributed by atoms with E-state index in [1.807, 2.05) is 0 Å². The van der Waals surface area contributed by atoms with Crippen LogP contribution in [0.1, 0.15) is 7.13 Å². The van der Waals surface area contributed by atoms with Crippen molar-refractivity contribution in [2.45, 2.75) is 0 Å². The fourth-order valence-electron chi connectivity index (χ4n) is 1.48. The first-order valence-corrected chi connectivity index (χ1v) is 5.52. The Morgan fingerprint density at radius 2 is 0.750 bits per heavy atom. The second-order valence-corrected chi connectivity index (χ2v) is 4.00. The van der Waals surface area contributed by atoms with Gasteiger partial charge in [-0.25, -0.2) is 0 Å². The first-order valence-electron chi connectivity index (χ1n) is 5.52. The average Bonchev–Trinajstić information content (AvgIpc) is 2.22. The van der Waals surface area contributed by atoms with Crippen molar-refractivity contribution in [3.8, 4) is 0 Å². The average molecular weight is 406 g/mol. The van der Waals surface area contributed by atoms with Gasteiger partial charge in [0.05, 0.1) is 26.2 Å². The van der Waals surface area contributed by atoms with Gasteiger partial charge in [-0.3, -0.25) is 29.0 Å². The summed E-state index contributed by atoms with van der Waals surface area (Å²) in [5.74, 6) is -4.91. The summed E-state index contributed by atoms with van der Waals surface area (Å²) >= 11 is 0. The van der Waals surface area contributed by atoms with Crippen LogP contribution in [-0.4, -0.2) is 131 Å². The Morgan fingerprint density at radius 3 is 0.875 bits per heavy atom. The molecule has 0 bridgehead atoms. The van der Waals surface area contributed by atoms with Crippen LogP contribution in [0.3, 0.4) is 0 Å². The van der Waals surface area contributed by atoms with Crippen LogP contribution in [0.25, 0.3) is 0 Å². The molecule has 0 heterocycles. The minimum Gasteiger partial charge on any atom is -1.00 e. The van der Waals surface area contributed by atoms with Gasteiger partial charge in [0.25, 0.3) is 0 Å². The Labute approximate surface area is 242 Å². The molecule has 0 amide bonds. The van der Waals surface area contributed by atoms with Gasteiger partial charge in [-0.1, -0.05) is 0 Å². The van der Waals surface area contributed by atoms with Crippen molar-refractivity contribution >= 4 is 61.6 Å². The number of carboxylic acid groups (broad SMARTS) is 4. The van der Waals surface area contributed by atoms with Crippen molar-refractivity contribution < 1.29 is 135 Å². The second kappa shape index (κ2) is 21.4. The molecule has 14 heteroatoms. The first-order chi connectivity index (χ1) is 9.20. The molecule has 0 fully saturated rings. The van der Waals surface area contributed by atoms with Crippen molar-refractivity contribution in [2.75, 3.05) is 39.3 Å². The summed E-state index contributed by atoms with van der Waals surface area (Å²) < 4.78 is 0. The van der Waals surface area contributed by atoms with Crippen molar-refractivity contribution in [1.29, 1.82) is 0 Å². The number of hydrogen-bond donors (Lipinski definition) is 4. The van der Waals surface area contributed by atoms with Crippen LogP contribution >= 0.6 is 0 Å². The van der Waals surface area contributed by atoms with Crippen LogP contribution in [0.15, 0.2) is 0 Å². The van der Waals surface area contributed by atoms with Gasteiger partial charge in [0.2, 0.25) is 0 Å². The second-order valence-electron chi connectivity index (χ2n) is 4.00. The van der Waals surface area contributed by atoms with Crippen molar-refractivity contribution in [2.24, 2.45) is 0 Å². The normalized spacial score (nSPS) is 8.92. The topological polar surface area (TPSA) is 156 Å². The molecule has 0 aliphatic rings. The van der Waals surface area contributed by atoms with Crippen molar-refractivity contribution in [3.05, 3.63) is 0 Å². The van der Waals surface area contributed by atoms with Crippen molar-refractivity contribution in [1.82, 2.24) is 9.80 Å². The molecule has 0 rings (SSSR count). The molecular weight excluding hydrogens is 385 g/mol. The smallest absolute Gasteiger partial charge is 1.00 e. The third-order valence-electron chi connectivity index (χ3n) is 2.17. The number of hydrogen-bond acceptors (Lipinski definition) is 6. The molecule has 0 aliphatic heterocycles. The van der Waals surface area contributed by atoms with Gasteiger partial charge < -0.3 is 27.6 Å². The maximum absolute atomic E-state index is 10.6. The number of carboxylic acids is 4. The minimum atomic E-state index is -1.23. The summed E-state index contributed by atoms with van der Waals surface area (Å²) in [6.07, 6.45) is 0. The Kier molecular flexibility index (Phi) is 32.8. The third kappa shape index (κ3) is 24.1. The molecule has 0 atom stereocenters. The molecular formula is C10H21CaN2Na3O8. The maximum Gasteiger partial charge on any atom is 2.00 e. The Hall–Kier alpha value is 2.06. The molecule has 4 N–H and O–H groups in total. The molecule has 0 saturated heterocycles. The van der Waals surface area contributed by atoms with Gasteiger partial charge in [-0.2, -0.15) is 0 Å². The molecule has 0 aromatic heterocycles. The molecule has 0 spiro atoms. The quantitative estimate of drug-likeness (QED) is 0.243. The molecule has 0 aliphatic carbocycles. The Balaban J connectivity index is -0.0000000501. The fourth-order valence-corrected chi connectivity index (χ4v) is 1.48. The summed E-state index contributed by atoms with van der Waals surface area (Å²) in [7, 11) is 0. The van der Waals surface area contributed by atoms with Crippen molar-refractivity contribution in [3.63, 3.8) is 0 Å².